The third kappa shape index (κ3) is 3.51. The standard InChI is InChI=1S/C21H26N2O/c1-16(2)22(14-18-9-5-4-6-10-18)15-21(24)23-17(3)13-19-11-7-8-12-20(19)23/h4-12,16-17H,13-15H2,1-3H3/t17-/m1/s1. The summed E-state index contributed by atoms with van der Waals surface area (Å²) in [6.45, 7) is 7.68. The zero-order valence-corrected chi connectivity index (χ0v) is 14.8. The molecule has 0 aliphatic carbocycles. The maximum atomic E-state index is 13.0. The zero-order chi connectivity index (χ0) is 17.1. The van der Waals surface area contributed by atoms with Gasteiger partial charge in [-0.05, 0) is 44.4 Å². The lowest BCUT2D eigenvalue weighted by Crippen LogP contribution is -2.44. The van der Waals surface area contributed by atoms with Crippen molar-refractivity contribution in [3.63, 3.8) is 0 Å². The molecule has 3 nitrogen and oxygen atoms in total. The maximum Gasteiger partial charge on any atom is 0.241 e. The molecule has 1 atom stereocenters. The van der Waals surface area contributed by atoms with Crippen LogP contribution in [0.15, 0.2) is 54.6 Å². The summed E-state index contributed by atoms with van der Waals surface area (Å²) in [7, 11) is 0. The van der Waals surface area contributed by atoms with Crippen LogP contribution in [0.5, 0.6) is 0 Å². The summed E-state index contributed by atoms with van der Waals surface area (Å²) in [6.07, 6.45) is 0.947. The lowest BCUT2D eigenvalue weighted by molar-refractivity contribution is -0.120. The van der Waals surface area contributed by atoms with Crippen molar-refractivity contribution in [2.45, 2.75) is 45.8 Å². The van der Waals surface area contributed by atoms with Gasteiger partial charge in [0.25, 0.3) is 0 Å². The number of carbonyl (C=O) groups excluding carboxylic acids is 1. The van der Waals surface area contributed by atoms with Crippen LogP contribution in [-0.4, -0.2) is 29.4 Å². The molecule has 2 aromatic carbocycles. The zero-order valence-electron chi connectivity index (χ0n) is 14.8. The Morgan fingerprint density at radius 1 is 1.12 bits per heavy atom. The molecule has 0 spiro atoms. The number of anilines is 1. The molecule has 0 aromatic heterocycles. The molecule has 0 saturated heterocycles. The van der Waals surface area contributed by atoms with E-state index in [1.807, 2.05) is 17.0 Å². The first-order valence-corrected chi connectivity index (χ1v) is 8.74. The number of amides is 1. The summed E-state index contributed by atoms with van der Waals surface area (Å²) >= 11 is 0. The second-order valence-electron chi connectivity index (χ2n) is 6.93. The Labute approximate surface area is 144 Å². The van der Waals surface area contributed by atoms with Gasteiger partial charge in [0.2, 0.25) is 5.91 Å². The van der Waals surface area contributed by atoms with E-state index in [9.17, 15) is 4.79 Å². The second kappa shape index (κ2) is 7.18. The van der Waals surface area contributed by atoms with Gasteiger partial charge in [-0.2, -0.15) is 0 Å². The van der Waals surface area contributed by atoms with Crippen LogP contribution < -0.4 is 4.90 Å². The first-order valence-electron chi connectivity index (χ1n) is 8.74. The Hall–Kier alpha value is -2.13. The number of para-hydroxylation sites is 1. The van der Waals surface area contributed by atoms with Gasteiger partial charge in [-0.1, -0.05) is 48.5 Å². The predicted octanol–water partition coefficient (Wildman–Crippen LogP) is 3.87. The molecule has 1 aliphatic rings. The van der Waals surface area contributed by atoms with Gasteiger partial charge in [-0.15, -0.1) is 0 Å². The van der Waals surface area contributed by atoms with Gasteiger partial charge >= 0.3 is 0 Å². The average molecular weight is 322 g/mol. The van der Waals surface area contributed by atoms with Gasteiger partial charge in [-0.25, -0.2) is 0 Å². The highest BCUT2D eigenvalue weighted by Crippen LogP contribution is 2.32. The highest BCUT2D eigenvalue weighted by Gasteiger charge is 2.31. The molecular formula is C21H26N2O. The SMILES string of the molecule is CC(C)N(CC(=O)N1c2ccccc2C[C@H]1C)Cc1ccccc1. The molecule has 3 heteroatoms. The van der Waals surface area contributed by atoms with Gasteiger partial charge in [0.05, 0.1) is 6.54 Å². The largest absolute Gasteiger partial charge is 0.308 e. The van der Waals surface area contributed by atoms with Gasteiger partial charge in [0.1, 0.15) is 0 Å². The summed E-state index contributed by atoms with van der Waals surface area (Å²) in [5.41, 5.74) is 3.60. The fraction of sp³-hybridized carbons (Fsp3) is 0.381. The topological polar surface area (TPSA) is 23.6 Å². The molecule has 24 heavy (non-hydrogen) atoms. The van der Waals surface area contributed by atoms with E-state index in [-0.39, 0.29) is 11.9 Å². The number of nitrogens with zero attached hydrogens (tertiary/aromatic N) is 2. The van der Waals surface area contributed by atoms with Crippen LogP contribution in [0, 0.1) is 0 Å². The van der Waals surface area contributed by atoms with Gasteiger partial charge in [-0.3, -0.25) is 9.69 Å². The van der Waals surface area contributed by atoms with E-state index >= 15 is 0 Å². The fourth-order valence-corrected chi connectivity index (χ4v) is 3.43. The summed E-state index contributed by atoms with van der Waals surface area (Å²) in [5, 5.41) is 0. The summed E-state index contributed by atoms with van der Waals surface area (Å²) < 4.78 is 0. The van der Waals surface area contributed by atoms with E-state index in [1.54, 1.807) is 0 Å². The van der Waals surface area contributed by atoms with Crippen molar-refractivity contribution in [3.8, 4) is 0 Å². The van der Waals surface area contributed by atoms with E-state index in [0.717, 1.165) is 18.7 Å². The molecule has 1 amide bonds. The lowest BCUT2D eigenvalue weighted by Gasteiger charge is -2.30. The van der Waals surface area contributed by atoms with Crippen molar-refractivity contribution in [1.82, 2.24) is 4.90 Å². The first kappa shape index (κ1) is 16.7. The Balaban J connectivity index is 1.74. The molecule has 0 fully saturated rings. The number of hydrogen-bond donors (Lipinski definition) is 0. The molecular weight excluding hydrogens is 296 g/mol. The minimum absolute atomic E-state index is 0.192. The van der Waals surface area contributed by atoms with Crippen LogP contribution in [0.1, 0.15) is 31.9 Å². The van der Waals surface area contributed by atoms with Crippen LogP contribution in [0.25, 0.3) is 0 Å². The molecule has 2 aromatic rings. The monoisotopic (exact) mass is 322 g/mol. The molecule has 126 valence electrons. The Morgan fingerprint density at radius 2 is 1.79 bits per heavy atom. The molecule has 0 radical (unpaired) electrons. The molecule has 0 bridgehead atoms. The first-order chi connectivity index (χ1) is 11.6. The van der Waals surface area contributed by atoms with Gasteiger partial charge < -0.3 is 4.90 Å². The van der Waals surface area contributed by atoms with E-state index in [0.29, 0.717) is 12.6 Å². The van der Waals surface area contributed by atoms with Crippen LogP contribution in [-0.2, 0) is 17.8 Å². The quantitative estimate of drug-likeness (QED) is 0.834. The van der Waals surface area contributed by atoms with Crippen molar-refractivity contribution < 1.29 is 4.79 Å². The van der Waals surface area contributed by atoms with Gasteiger partial charge in [0, 0.05) is 24.3 Å². The molecule has 1 heterocycles. The summed E-state index contributed by atoms with van der Waals surface area (Å²) in [6, 6.07) is 19.2. The van der Waals surface area contributed by atoms with Crippen LogP contribution in [0.4, 0.5) is 5.69 Å². The van der Waals surface area contributed by atoms with E-state index < -0.39 is 0 Å². The van der Waals surface area contributed by atoms with E-state index in [2.05, 4.69) is 68.1 Å². The van der Waals surface area contributed by atoms with Crippen LogP contribution >= 0.6 is 0 Å². The van der Waals surface area contributed by atoms with Crippen LogP contribution in [0.3, 0.4) is 0 Å². The number of rotatable bonds is 5. The number of carbonyl (C=O) groups is 1. The molecule has 0 saturated carbocycles. The number of hydrogen-bond acceptors (Lipinski definition) is 2. The smallest absolute Gasteiger partial charge is 0.241 e. The molecule has 3 rings (SSSR count). The van der Waals surface area contributed by atoms with Crippen molar-refractivity contribution in [1.29, 1.82) is 0 Å². The van der Waals surface area contributed by atoms with Crippen molar-refractivity contribution >= 4 is 11.6 Å². The summed E-state index contributed by atoms with van der Waals surface area (Å²) in [4.78, 5) is 17.2. The average Bonchev–Trinajstić information content (AvgIpc) is 2.90. The minimum atomic E-state index is 0.192. The van der Waals surface area contributed by atoms with E-state index in [4.69, 9.17) is 0 Å². The highest BCUT2D eigenvalue weighted by atomic mass is 16.2. The Kier molecular flexibility index (Phi) is 5.00. The molecule has 0 unspecified atom stereocenters. The Morgan fingerprint density at radius 3 is 2.50 bits per heavy atom. The molecule has 0 N–H and O–H groups in total. The van der Waals surface area contributed by atoms with E-state index in [1.165, 1.54) is 11.1 Å². The summed E-state index contributed by atoms with van der Waals surface area (Å²) in [5.74, 6) is 0.192. The predicted molar refractivity (Wildman–Crippen MR) is 99.1 cm³/mol. The van der Waals surface area contributed by atoms with Crippen molar-refractivity contribution in [2.75, 3.05) is 11.4 Å². The maximum absolute atomic E-state index is 13.0. The highest BCUT2D eigenvalue weighted by molar-refractivity contribution is 5.97. The third-order valence-corrected chi connectivity index (χ3v) is 4.77. The van der Waals surface area contributed by atoms with Crippen LogP contribution in [0.2, 0.25) is 0 Å². The normalized spacial score (nSPS) is 16.7. The molecule has 1 aliphatic heterocycles. The van der Waals surface area contributed by atoms with Gasteiger partial charge in [0.15, 0.2) is 0 Å². The number of fused-ring (bicyclic) bond motifs is 1. The lowest BCUT2D eigenvalue weighted by atomic mass is 10.1. The van der Waals surface area contributed by atoms with Crippen molar-refractivity contribution in [2.24, 2.45) is 0 Å². The Bertz CT molecular complexity index is 696. The number of benzene rings is 2. The third-order valence-electron chi connectivity index (χ3n) is 4.77. The van der Waals surface area contributed by atoms with Crippen molar-refractivity contribution in [3.05, 3.63) is 65.7 Å². The fourth-order valence-electron chi connectivity index (χ4n) is 3.43. The second-order valence-corrected chi connectivity index (χ2v) is 6.93. The minimum Gasteiger partial charge on any atom is -0.308 e.